The number of urea groups is 1. The fraction of sp³-hybridized carbons (Fsp3) is 0.632. The normalized spacial score (nSPS) is 17.1. The van der Waals surface area contributed by atoms with Crippen molar-refractivity contribution in [3.63, 3.8) is 0 Å². The van der Waals surface area contributed by atoms with E-state index in [0.29, 0.717) is 18.6 Å². The second-order valence-electron chi connectivity index (χ2n) is 6.56. The number of piperidine rings is 1. The Morgan fingerprint density at radius 1 is 1.22 bits per heavy atom. The van der Waals surface area contributed by atoms with E-state index in [0.717, 1.165) is 38.8 Å². The Morgan fingerprint density at radius 2 is 1.87 bits per heavy atom. The average molecular weight is 317 g/mol. The molecule has 0 saturated carbocycles. The van der Waals surface area contributed by atoms with Gasteiger partial charge in [-0.15, -0.1) is 0 Å². The van der Waals surface area contributed by atoms with Crippen LogP contribution in [0.5, 0.6) is 0 Å². The molecule has 1 aromatic carbocycles. The number of amides is 2. The largest absolute Gasteiger partial charge is 0.338 e. The van der Waals surface area contributed by atoms with Gasteiger partial charge >= 0.3 is 6.03 Å². The van der Waals surface area contributed by atoms with Gasteiger partial charge in [-0.1, -0.05) is 36.8 Å². The van der Waals surface area contributed by atoms with E-state index in [1.54, 1.807) is 0 Å². The summed E-state index contributed by atoms with van der Waals surface area (Å²) < 4.78 is 0. The standard InChI is InChI=1S/C19H31N3O/c1-4-17(14-16-8-6-15(3)7-9-16)21-18-10-12-22(13-11-18)19(23)20-5-2/h6-9,17-18,21H,4-5,10-14H2,1-3H3,(H,20,23). The Kier molecular flexibility index (Phi) is 6.90. The number of rotatable bonds is 6. The first kappa shape index (κ1) is 17.8. The molecule has 2 N–H and O–H groups in total. The minimum atomic E-state index is 0.0812. The molecule has 1 aromatic rings. The van der Waals surface area contributed by atoms with Crippen LogP contribution < -0.4 is 10.6 Å². The zero-order chi connectivity index (χ0) is 16.7. The highest BCUT2D eigenvalue weighted by molar-refractivity contribution is 5.74. The van der Waals surface area contributed by atoms with Gasteiger partial charge in [0.2, 0.25) is 0 Å². The first-order valence-electron chi connectivity index (χ1n) is 8.96. The van der Waals surface area contributed by atoms with Crippen LogP contribution in [0.15, 0.2) is 24.3 Å². The molecular weight excluding hydrogens is 286 g/mol. The number of carbonyl (C=O) groups is 1. The van der Waals surface area contributed by atoms with Crippen molar-refractivity contribution >= 4 is 6.03 Å². The second-order valence-corrected chi connectivity index (χ2v) is 6.56. The molecule has 0 spiro atoms. The van der Waals surface area contributed by atoms with Crippen molar-refractivity contribution in [1.29, 1.82) is 0 Å². The first-order chi connectivity index (χ1) is 11.1. The van der Waals surface area contributed by atoms with Crippen LogP contribution in [0.3, 0.4) is 0 Å². The third-order valence-corrected chi connectivity index (χ3v) is 4.68. The summed E-state index contributed by atoms with van der Waals surface area (Å²) in [4.78, 5) is 13.8. The van der Waals surface area contributed by atoms with Crippen molar-refractivity contribution in [2.24, 2.45) is 0 Å². The third kappa shape index (κ3) is 5.54. The maximum atomic E-state index is 11.8. The van der Waals surface area contributed by atoms with Crippen LogP contribution >= 0.6 is 0 Å². The van der Waals surface area contributed by atoms with Crippen LogP contribution in [0.2, 0.25) is 0 Å². The Labute approximate surface area is 140 Å². The predicted molar refractivity (Wildman–Crippen MR) is 95.8 cm³/mol. The van der Waals surface area contributed by atoms with Crippen LogP contribution in [0.1, 0.15) is 44.2 Å². The number of nitrogens with zero attached hydrogens (tertiary/aromatic N) is 1. The molecule has 2 amide bonds. The van der Waals surface area contributed by atoms with Crippen LogP contribution in [0.4, 0.5) is 4.79 Å². The number of hydrogen-bond acceptors (Lipinski definition) is 2. The van der Waals surface area contributed by atoms with E-state index in [4.69, 9.17) is 0 Å². The number of carbonyl (C=O) groups excluding carboxylic acids is 1. The molecule has 1 aliphatic rings. The van der Waals surface area contributed by atoms with E-state index in [1.165, 1.54) is 11.1 Å². The Bertz CT molecular complexity index is 478. The van der Waals surface area contributed by atoms with Gasteiger partial charge in [-0.2, -0.15) is 0 Å². The van der Waals surface area contributed by atoms with Gasteiger partial charge in [-0.25, -0.2) is 4.79 Å². The Balaban J connectivity index is 1.79. The molecule has 4 nitrogen and oxygen atoms in total. The average Bonchev–Trinajstić information content (AvgIpc) is 2.57. The van der Waals surface area contributed by atoms with Crippen molar-refractivity contribution in [1.82, 2.24) is 15.5 Å². The highest BCUT2D eigenvalue weighted by Crippen LogP contribution is 2.14. The molecular formula is C19H31N3O. The van der Waals surface area contributed by atoms with Crippen molar-refractivity contribution in [2.45, 2.75) is 58.5 Å². The summed E-state index contributed by atoms with van der Waals surface area (Å²) in [6, 6.07) is 9.96. The van der Waals surface area contributed by atoms with E-state index >= 15 is 0 Å². The minimum absolute atomic E-state index is 0.0812. The van der Waals surface area contributed by atoms with Crippen molar-refractivity contribution in [2.75, 3.05) is 19.6 Å². The van der Waals surface area contributed by atoms with Gasteiger partial charge in [0.05, 0.1) is 0 Å². The Morgan fingerprint density at radius 3 is 2.43 bits per heavy atom. The number of nitrogens with one attached hydrogen (secondary N) is 2. The summed E-state index contributed by atoms with van der Waals surface area (Å²) in [5.74, 6) is 0. The van der Waals surface area contributed by atoms with Crippen molar-refractivity contribution in [3.05, 3.63) is 35.4 Å². The van der Waals surface area contributed by atoms with E-state index in [2.05, 4.69) is 48.7 Å². The number of likely N-dealkylation sites (tertiary alicyclic amines) is 1. The van der Waals surface area contributed by atoms with Crippen LogP contribution in [0.25, 0.3) is 0 Å². The van der Waals surface area contributed by atoms with Crippen LogP contribution in [0, 0.1) is 6.92 Å². The first-order valence-corrected chi connectivity index (χ1v) is 8.96. The summed E-state index contributed by atoms with van der Waals surface area (Å²) in [6.07, 6.45) is 4.29. The second kappa shape index (κ2) is 8.92. The molecule has 0 aromatic heterocycles. The summed E-state index contributed by atoms with van der Waals surface area (Å²) in [6.45, 7) is 8.74. The summed E-state index contributed by atoms with van der Waals surface area (Å²) in [7, 11) is 0. The number of benzene rings is 1. The van der Waals surface area contributed by atoms with Gasteiger partial charge < -0.3 is 15.5 Å². The summed E-state index contributed by atoms with van der Waals surface area (Å²) in [5.41, 5.74) is 2.71. The van der Waals surface area contributed by atoms with E-state index in [1.807, 2.05) is 11.8 Å². The lowest BCUT2D eigenvalue weighted by Gasteiger charge is -2.34. The fourth-order valence-corrected chi connectivity index (χ4v) is 3.18. The van der Waals surface area contributed by atoms with Crippen molar-refractivity contribution < 1.29 is 4.79 Å². The molecule has 1 heterocycles. The van der Waals surface area contributed by atoms with Crippen LogP contribution in [-0.4, -0.2) is 42.6 Å². The summed E-state index contributed by atoms with van der Waals surface area (Å²) in [5, 5.41) is 6.69. The van der Waals surface area contributed by atoms with E-state index in [-0.39, 0.29) is 6.03 Å². The molecule has 0 radical (unpaired) electrons. The maximum Gasteiger partial charge on any atom is 0.317 e. The molecule has 128 valence electrons. The molecule has 0 aliphatic carbocycles. The lowest BCUT2D eigenvalue weighted by Crippen LogP contribution is -2.50. The predicted octanol–water partition coefficient (Wildman–Crippen LogP) is 3.10. The zero-order valence-electron chi connectivity index (χ0n) is 14.8. The van der Waals surface area contributed by atoms with Gasteiger partial charge in [-0.05, 0) is 45.1 Å². The highest BCUT2D eigenvalue weighted by Gasteiger charge is 2.23. The number of aryl methyl sites for hydroxylation is 1. The lowest BCUT2D eigenvalue weighted by molar-refractivity contribution is 0.174. The van der Waals surface area contributed by atoms with Crippen molar-refractivity contribution in [3.8, 4) is 0 Å². The number of hydrogen-bond donors (Lipinski definition) is 2. The highest BCUT2D eigenvalue weighted by atomic mass is 16.2. The third-order valence-electron chi connectivity index (χ3n) is 4.68. The lowest BCUT2D eigenvalue weighted by atomic mass is 9.99. The summed E-state index contributed by atoms with van der Waals surface area (Å²) >= 11 is 0. The molecule has 23 heavy (non-hydrogen) atoms. The fourth-order valence-electron chi connectivity index (χ4n) is 3.18. The monoisotopic (exact) mass is 317 g/mol. The molecule has 1 fully saturated rings. The maximum absolute atomic E-state index is 11.8. The molecule has 1 aliphatic heterocycles. The smallest absolute Gasteiger partial charge is 0.317 e. The quantitative estimate of drug-likeness (QED) is 0.847. The van der Waals surface area contributed by atoms with Gasteiger partial charge in [-0.3, -0.25) is 0 Å². The minimum Gasteiger partial charge on any atom is -0.338 e. The molecule has 0 bridgehead atoms. The van der Waals surface area contributed by atoms with E-state index in [9.17, 15) is 4.79 Å². The molecule has 1 unspecified atom stereocenters. The van der Waals surface area contributed by atoms with Gasteiger partial charge in [0.1, 0.15) is 0 Å². The van der Waals surface area contributed by atoms with E-state index < -0.39 is 0 Å². The van der Waals surface area contributed by atoms with Gasteiger partial charge in [0.25, 0.3) is 0 Å². The van der Waals surface area contributed by atoms with Crippen LogP contribution in [-0.2, 0) is 6.42 Å². The van der Waals surface area contributed by atoms with Gasteiger partial charge in [0.15, 0.2) is 0 Å². The van der Waals surface area contributed by atoms with Gasteiger partial charge in [0, 0.05) is 31.7 Å². The Hall–Kier alpha value is -1.55. The molecule has 4 heteroatoms. The molecule has 1 saturated heterocycles. The molecule has 1 atom stereocenters. The zero-order valence-corrected chi connectivity index (χ0v) is 14.8. The SMILES string of the molecule is CCNC(=O)N1CCC(NC(CC)Cc2ccc(C)cc2)CC1. The molecule has 2 rings (SSSR count). The topological polar surface area (TPSA) is 44.4 Å².